The quantitative estimate of drug-likeness (QED) is 0.450. The van der Waals surface area contributed by atoms with Crippen LogP contribution in [0.4, 0.5) is 0 Å². The summed E-state index contributed by atoms with van der Waals surface area (Å²) in [4.78, 5) is 27.0. The third-order valence-corrected chi connectivity index (χ3v) is 2.48. The first-order valence-corrected chi connectivity index (χ1v) is 5.11. The summed E-state index contributed by atoms with van der Waals surface area (Å²) in [5.74, 6) is 0.349. The van der Waals surface area contributed by atoms with Gasteiger partial charge in [0.25, 0.3) is 5.91 Å². The van der Waals surface area contributed by atoms with Gasteiger partial charge in [0.2, 0.25) is 0 Å². The van der Waals surface area contributed by atoms with Gasteiger partial charge in [-0.25, -0.2) is 0 Å². The first kappa shape index (κ1) is 11.2. The molecule has 7 heteroatoms. The molecule has 1 aliphatic rings. The van der Waals surface area contributed by atoms with Crippen LogP contribution in [0.15, 0.2) is 21.7 Å². The molecule has 0 aromatic carbocycles. The molecule has 0 bridgehead atoms. The molecular formula is C10H10N4O3. The van der Waals surface area contributed by atoms with Crippen molar-refractivity contribution in [2.45, 2.75) is 13.0 Å². The van der Waals surface area contributed by atoms with Crippen molar-refractivity contribution in [3.63, 3.8) is 0 Å². The number of carbonyl (C=O) groups excluding carboxylic acids is 2. The molecule has 1 aliphatic heterocycles. The number of hydrogen-bond donors (Lipinski definition) is 0. The van der Waals surface area contributed by atoms with Gasteiger partial charge >= 0.3 is 0 Å². The molecule has 0 unspecified atom stereocenters. The highest BCUT2D eigenvalue weighted by molar-refractivity contribution is 5.96. The van der Waals surface area contributed by atoms with Crippen molar-refractivity contribution in [2.75, 3.05) is 13.1 Å². The van der Waals surface area contributed by atoms with Crippen LogP contribution in [0, 0.1) is 0 Å². The molecule has 0 saturated carbocycles. The van der Waals surface area contributed by atoms with E-state index in [1.807, 2.05) is 0 Å². The smallest absolute Gasteiger partial charge is 0.289 e. The van der Waals surface area contributed by atoms with E-state index in [0.717, 1.165) is 0 Å². The molecule has 0 atom stereocenters. The van der Waals surface area contributed by atoms with Crippen LogP contribution in [0.3, 0.4) is 0 Å². The molecule has 17 heavy (non-hydrogen) atoms. The highest BCUT2D eigenvalue weighted by atomic mass is 16.4. The van der Waals surface area contributed by atoms with E-state index >= 15 is 0 Å². The van der Waals surface area contributed by atoms with Crippen LogP contribution in [0.2, 0.25) is 0 Å². The predicted molar refractivity (Wildman–Crippen MR) is 57.1 cm³/mol. The fraction of sp³-hybridized carbons (Fsp3) is 0.400. The number of nitrogens with zero attached hydrogens (tertiary/aromatic N) is 4. The second kappa shape index (κ2) is 4.71. The zero-order valence-corrected chi connectivity index (χ0v) is 9.00. The Morgan fingerprint density at radius 2 is 2.41 bits per heavy atom. The van der Waals surface area contributed by atoms with Gasteiger partial charge < -0.3 is 9.32 Å². The zero-order chi connectivity index (χ0) is 12.3. The number of hydrogen-bond acceptors (Lipinski definition) is 4. The molecule has 0 spiro atoms. The summed E-state index contributed by atoms with van der Waals surface area (Å²) in [7, 11) is 0. The summed E-state index contributed by atoms with van der Waals surface area (Å²) in [6.45, 7) is 0.651. The average Bonchev–Trinajstić information content (AvgIpc) is 2.94. The Hall–Kier alpha value is -2.27. The standard InChI is InChI=1S/C10H10N4O3/c11-13-12-5-8-1-2-9(17-8)10(16)14-4-3-7(15)6-14/h1-2H,3-6H2. The number of amides is 1. The van der Waals surface area contributed by atoms with E-state index in [9.17, 15) is 9.59 Å². The Bertz CT molecular complexity index is 501. The van der Waals surface area contributed by atoms with E-state index < -0.39 is 0 Å². The van der Waals surface area contributed by atoms with Gasteiger partial charge in [0.05, 0.1) is 13.1 Å². The predicted octanol–water partition coefficient (Wildman–Crippen LogP) is 1.50. The minimum Gasteiger partial charge on any atom is -0.456 e. The molecule has 1 fully saturated rings. The molecule has 7 nitrogen and oxygen atoms in total. The number of azide groups is 1. The normalized spacial score (nSPS) is 14.8. The number of carbonyl (C=O) groups is 2. The maximum atomic E-state index is 11.9. The van der Waals surface area contributed by atoms with Crippen LogP contribution < -0.4 is 0 Å². The van der Waals surface area contributed by atoms with E-state index in [0.29, 0.717) is 18.7 Å². The maximum Gasteiger partial charge on any atom is 0.289 e. The molecule has 1 saturated heterocycles. The minimum absolute atomic E-state index is 0.0548. The number of Topliss-reactive ketones (excluding diaryl/α,β-unsaturated/α-hetero) is 1. The topological polar surface area (TPSA) is 99.3 Å². The van der Waals surface area contributed by atoms with Crippen molar-refractivity contribution in [1.82, 2.24) is 4.90 Å². The van der Waals surface area contributed by atoms with Gasteiger partial charge in [-0.05, 0) is 17.7 Å². The summed E-state index contributed by atoms with van der Waals surface area (Å²) in [5.41, 5.74) is 8.15. The van der Waals surface area contributed by atoms with E-state index in [2.05, 4.69) is 10.0 Å². The molecule has 1 aromatic rings. The molecule has 0 aliphatic carbocycles. The Balaban J connectivity index is 2.06. The number of rotatable bonds is 3. The van der Waals surface area contributed by atoms with Gasteiger partial charge in [-0.3, -0.25) is 9.59 Å². The molecule has 2 rings (SSSR count). The van der Waals surface area contributed by atoms with Crippen LogP contribution in [0.1, 0.15) is 22.7 Å². The van der Waals surface area contributed by atoms with E-state index in [-0.39, 0.29) is 30.5 Å². The lowest BCUT2D eigenvalue weighted by molar-refractivity contribution is -0.116. The van der Waals surface area contributed by atoms with E-state index in [4.69, 9.17) is 9.95 Å². The van der Waals surface area contributed by atoms with Crippen molar-refractivity contribution in [1.29, 1.82) is 0 Å². The summed E-state index contributed by atoms with van der Waals surface area (Å²) < 4.78 is 5.23. The van der Waals surface area contributed by atoms with E-state index in [1.165, 1.54) is 11.0 Å². The van der Waals surface area contributed by atoms with Crippen LogP contribution in [0.5, 0.6) is 0 Å². The molecular weight excluding hydrogens is 224 g/mol. The molecule has 1 aromatic heterocycles. The Morgan fingerprint density at radius 3 is 3.06 bits per heavy atom. The van der Waals surface area contributed by atoms with Crippen molar-refractivity contribution in [3.8, 4) is 0 Å². The van der Waals surface area contributed by atoms with Gasteiger partial charge in [-0.15, -0.1) is 0 Å². The highest BCUT2D eigenvalue weighted by Gasteiger charge is 2.26. The lowest BCUT2D eigenvalue weighted by Crippen LogP contribution is -2.28. The highest BCUT2D eigenvalue weighted by Crippen LogP contribution is 2.14. The molecule has 1 amide bonds. The Morgan fingerprint density at radius 1 is 1.59 bits per heavy atom. The summed E-state index contributed by atoms with van der Waals surface area (Å²) in [5, 5.41) is 3.33. The van der Waals surface area contributed by atoms with Crippen LogP contribution in [-0.2, 0) is 11.3 Å². The zero-order valence-electron chi connectivity index (χ0n) is 9.00. The maximum absolute atomic E-state index is 11.9. The molecule has 88 valence electrons. The first-order chi connectivity index (χ1) is 8.20. The van der Waals surface area contributed by atoms with Gasteiger partial charge in [0, 0.05) is 17.9 Å². The monoisotopic (exact) mass is 234 g/mol. The fourth-order valence-corrected chi connectivity index (χ4v) is 1.64. The SMILES string of the molecule is [N-]=[N+]=NCc1ccc(C(=O)N2CCC(=O)C2)o1. The van der Waals surface area contributed by atoms with Crippen LogP contribution in [0.25, 0.3) is 10.4 Å². The lowest BCUT2D eigenvalue weighted by Gasteiger charge is -2.11. The molecule has 0 radical (unpaired) electrons. The van der Waals surface area contributed by atoms with Gasteiger partial charge in [0.15, 0.2) is 11.5 Å². The summed E-state index contributed by atoms with van der Waals surface area (Å²) >= 11 is 0. The van der Waals surface area contributed by atoms with Crippen LogP contribution >= 0.6 is 0 Å². The summed E-state index contributed by atoms with van der Waals surface area (Å²) in [6, 6.07) is 3.10. The fourth-order valence-electron chi connectivity index (χ4n) is 1.64. The second-order valence-corrected chi connectivity index (χ2v) is 3.67. The van der Waals surface area contributed by atoms with Crippen molar-refractivity contribution < 1.29 is 14.0 Å². The number of furan rings is 1. The number of likely N-dealkylation sites (tertiary alicyclic amines) is 1. The lowest BCUT2D eigenvalue weighted by atomic mass is 10.4. The third-order valence-electron chi connectivity index (χ3n) is 2.48. The summed E-state index contributed by atoms with van der Waals surface area (Å²) in [6.07, 6.45) is 0.401. The van der Waals surface area contributed by atoms with Gasteiger partial charge in [-0.2, -0.15) is 0 Å². The number of ketones is 1. The van der Waals surface area contributed by atoms with Crippen LogP contribution in [-0.4, -0.2) is 29.7 Å². The third kappa shape index (κ3) is 2.46. The Labute approximate surface area is 96.6 Å². The minimum atomic E-state index is -0.303. The largest absolute Gasteiger partial charge is 0.456 e. The Kier molecular flexibility index (Phi) is 3.11. The second-order valence-electron chi connectivity index (χ2n) is 3.67. The van der Waals surface area contributed by atoms with Gasteiger partial charge in [0.1, 0.15) is 5.76 Å². The molecule has 0 N–H and O–H groups in total. The van der Waals surface area contributed by atoms with Crippen molar-refractivity contribution in [2.24, 2.45) is 5.11 Å². The van der Waals surface area contributed by atoms with E-state index in [1.54, 1.807) is 6.07 Å². The average molecular weight is 234 g/mol. The first-order valence-electron chi connectivity index (χ1n) is 5.11. The molecule has 2 heterocycles. The van der Waals surface area contributed by atoms with Crippen molar-refractivity contribution >= 4 is 11.7 Å². The van der Waals surface area contributed by atoms with Gasteiger partial charge in [-0.1, -0.05) is 5.11 Å². The van der Waals surface area contributed by atoms with Crippen molar-refractivity contribution in [3.05, 3.63) is 34.1 Å².